The largest absolute Gasteiger partial charge is 0.481 e. The first-order valence-electron chi connectivity index (χ1n) is 6.88. The van der Waals surface area contributed by atoms with E-state index >= 15 is 0 Å². The molecular weight excluding hydrogens is 303 g/mol. The monoisotopic (exact) mass is 319 g/mol. The van der Waals surface area contributed by atoms with Gasteiger partial charge in [0.2, 0.25) is 0 Å². The first kappa shape index (κ1) is 16.4. The fraction of sp³-hybridized carbons (Fsp3) is 0.769. The summed E-state index contributed by atoms with van der Waals surface area (Å²) >= 11 is 0. The summed E-state index contributed by atoms with van der Waals surface area (Å²) in [6.45, 7) is -0.890. The van der Waals surface area contributed by atoms with E-state index in [0.717, 1.165) is 17.7 Å². The lowest BCUT2D eigenvalue weighted by atomic mass is 9.96. The Labute approximate surface area is 124 Å². The van der Waals surface area contributed by atoms with Crippen molar-refractivity contribution < 1.29 is 27.9 Å². The van der Waals surface area contributed by atoms with Gasteiger partial charge in [0.1, 0.15) is 0 Å². The number of aliphatic carboxylic acids is 1. The number of carbonyl (C=O) groups is 2. The van der Waals surface area contributed by atoms with Crippen molar-refractivity contribution in [3.63, 3.8) is 0 Å². The number of hydrogen-bond donors (Lipinski definition) is 2. The lowest BCUT2D eigenvalue weighted by Crippen LogP contribution is -2.41. The van der Waals surface area contributed by atoms with Gasteiger partial charge >= 0.3 is 18.2 Å². The van der Waals surface area contributed by atoms with Crippen LogP contribution < -0.4 is 5.32 Å². The fourth-order valence-electron chi connectivity index (χ4n) is 2.69. The highest BCUT2D eigenvalue weighted by atomic mass is 19.4. The molecule has 0 radical (unpaired) electrons. The fourth-order valence-corrected chi connectivity index (χ4v) is 2.69. The molecule has 6 nitrogen and oxygen atoms in total. The van der Waals surface area contributed by atoms with Crippen molar-refractivity contribution in [1.29, 1.82) is 5.26 Å². The van der Waals surface area contributed by atoms with Crippen LogP contribution in [-0.4, -0.2) is 47.8 Å². The molecule has 1 aliphatic carbocycles. The Morgan fingerprint density at radius 1 is 1.36 bits per heavy atom. The van der Waals surface area contributed by atoms with Gasteiger partial charge in [-0.25, -0.2) is 4.79 Å². The highest BCUT2D eigenvalue weighted by molar-refractivity contribution is 5.77. The topological polar surface area (TPSA) is 93.4 Å². The molecule has 22 heavy (non-hydrogen) atoms. The lowest BCUT2D eigenvalue weighted by Gasteiger charge is -2.20. The van der Waals surface area contributed by atoms with Gasteiger partial charge in [0, 0.05) is 31.5 Å². The van der Waals surface area contributed by atoms with Crippen LogP contribution in [0.25, 0.3) is 0 Å². The Hall–Kier alpha value is -1.98. The van der Waals surface area contributed by atoms with E-state index in [2.05, 4.69) is 5.32 Å². The highest BCUT2D eigenvalue weighted by Gasteiger charge is 2.53. The smallest absolute Gasteiger partial charge is 0.394 e. The SMILES string of the molecule is N#CCC1(CNC(=O)N2C[C@@H](C(F)(F)F)[C@H](C(=O)O)C2)CC1. The van der Waals surface area contributed by atoms with Crippen molar-refractivity contribution >= 4 is 12.0 Å². The molecule has 1 aliphatic heterocycles. The predicted octanol–water partition coefficient (Wildman–Crippen LogP) is 1.58. The molecule has 0 unspecified atom stereocenters. The lowest BCUT2D eigenvalue weighted by molar-refractivity contribution is -0.187. The highest BCUT2D eigenvalue weighted by Crippen LogP contribution is 2.48. The minimum atomic E-state index is -4.66. The zero-order chi connectivity index (χ0) is 16.5. The van der Waals surface area contributed by atoms with Crippen LogP contribution >= 0.6 is 0 Å². The summed E-state index contributed by atoms with van der Waals surface area (Å²) in [5, 5.41) is 20.1. The van der Waals surface area contributed by atoms with Crippen molar-refractivity contribution in [2.24, 2.45) is 17.3 Å². The van der Waals surface area contributed by atoms with Crippen LogP contribution in [0.4, 0.5) is 18.0 Å². The molecule has 0 spiro atoms. The average Bonchev–Trinajstić information content (AvgIpc) is 3.01. The number of hydrogen-bond acceptors (Lipinski definition) is 3. The molecule has 0 aromatic heterocycles. The van der Waals surface area contributed by atoms with Crippen LogP contribution in [-0.2, 0) is 4.79 Å². The van der Waals surface area contributed by atoms with E-state index in [9.17, 15) is 22.8 Å². The number of amides is 2. The Morgan fingerprint density at radius 2 is 2.00 bits per heavy atom. The van der Waals surface area contributed by atoms with Gasteiger partial charge in [0.05, 0.1) is 17.9 Å². The third-order valence-electron chi connectivity index (χ3n) is 4.37. The molecule has 2 aliphatic rings. The second-order valence-corrected chi connectivity index (χ2v) is 5.99. The summed E-state index contributed by atoms with van der Waals surface area (Å²) in [4.78, 5) is 23.8. The number of carboxylic acids is 1. The van der Waals surface area contributed by atoms with Crippen LogP contribution in [0, 0.1) is 28.6 Å². The number of nitrogens with zero attached hydrogens (tertiary/aromatic N) is 2. The summed E-state index contributed by atoms with van der Waals surface area (Å²) < 4.78 is 38.5. The van der Waals surface area contributed by atoms with E-state index < -0.39 is 43.1 Å². The Balaban J connectivity index is 1.94. The van der Waals surface area contributed by atoms with Crippen molar-refractivity contribution in [3.8, 4) is 6.07 Å². The maximum Gasteiger partial charge on any atom is 0.394 e. The molecule has 0 aromatic rings. The Morgan fingerprint density at radius 3 is 2.41 bits per heavy atom. The van der Waals surface area contributed by atoms with Gasteiger partial charge in [-0.3, -0.25) is 4.79 Å². The number of carboxylic acid groups (broad SMARTS) is 1. The van der Waals surface area contributed by atoms with E-state index in [1.165, 1.54) is 0 Å². The van der Waals surface area contributed by atoms with E-state index in [4.69, 9.17) is 10.4 Å². The van der Waals surface area contributed by atoms with Crippen molar-refractivity contribution in [1.82, 2.24) is 10.2 Å². The molecule has 122 valence electrons. The zero-order valence-electron chi connectivity index (χ0n) is 11.7. The summed E-state index contributed by atoms with van der Waals surface area (Å²) in [6, 6.07) is 1.32. The van der Waals surface area contributed by atoms with E-state index in [1.807, 2.05) is 6.07 Å². The van der Waals surface area contributed by atoms with Gasteiger partial charge in [0.25, 0.3) is 0 Å². The molecule has 2 amide bonds. The predicted molar refractivity (Wildman–Crippen MR) is 67.5 cm³/mol. The molecule has 9 heteroatoms. The van der Waals surface area contributed by atoms with E-state index in [0.29, 0.717) is 0 Å². The Bertz CT molecular complexity index is 511. The van der Waals surface area contributed by atoms with Crippen LogP contribution in [0.2, 0.25) is 0 Å². The standard InChI is InChI=1S/C13H16F3N3O3/c14-13(15,16)9-6-19(5-8(9)10(20)21)11(22)18-7-12(1-2-12)3-4-17/h8-9H,1-3,5-7H2,(H,18,22)(H,20,21)/t8-,9-/m1/s1. The summed E-state index contributed by atoms with van der Waals surface area (Å²) in [5.41, 5.74) is -0.264. The maximum atomic E-state index is 12.8. The van der Waals surface area contributed by atoms with Gasteiger partial charge in [-0.1, -0.05) is 0 Å². The second kappa shape index (κ2) is 5.66. The number of halogens is 3. The molecule has 2 atom stereocenters. The third-order valence-corrected chi connectivity index (χ3v) is 4.37. The van der Waals surface area contributed by atoms with Crippen LogP contribution in [0.3, 0.4) is 0 Å². The molecule has 2 rings (SSSR count). The molecule has 2 N–H and O–H groups in total. The second-order valence-electron chi connectivity index (χ2n) is 5.99. The normalized spacial score (nSPS) is 26.4. The summed E-state index contributed by atoms with van der Waals surface area (Å²) in [6.07, 6.45) is -2.78. The molecule has 0 aromatic carbocycles. The number of likely N-dealkylation sites (tertiary alicyclic amines) is 1. The van der Waals surface area contributed by atoms with Gasteiger partial charge in [-0.15, -0.1) is 0 Å². The Kier molecular flexibility index (Phi) is 4.22. The molecule has 2 fully saturated rings. The minimum absolute atomic E-state index is 0.227. The van der Waals surface area contributed by atoms with Gasteiger partial charge in [0.15, 0.2) is 0 Å². The van der Waals surface area contributed by atoms with Crippen molar-refractivity contribution in [2.75, 3.05) is 19.6 Å². The summed E-state index contributed by atoms with van der Waals surface area (Å²) in [7, 11) is 0. The number of rotatable bonds is 4. The number of urea groups is 1. The average molecular weight is 319 g/mol. The van der Waals surface area contributed by atoms with Crippen LogP contribution in [0.5, 0.6) is 0 Å². The van der Waals surface area contributed by atoms with Gasteiger partial charge in [-0.2, -0.15) is 18.4 Å². The van der Waals surface area contributed by atoms with E-state index in [1.54, 1.807) is 0 Å². The third kappa shape index (κ3) is 3.43. The summed E-state index contributed by atoms with van der Waals surface area (Å²) in [5.74, 6) is -5.25. The molecule has 0 bridgehead atoms. The zero-order valence-corrected chi connectivity index (χ0v) is 11.7. The number of nitriles is 1. The van der Waals surface area contributed by atoms with Gasteiger partial charge < -0.3 is 15.3 Å². The number of alkyl halides is 3. The maximum absolute atomic E-state index is 12.8. The molecular formula is C13H16F3N3O3. The molecule has 1 heterocycles. The quantitative estimate of drug-likeness (QED) is 0.823. The van der Waals surface area contributed by atoms with E-state index in [-0.39, 0.29) is 18.4 Å². The molecule has 1 saturated heterocycles. The van der Waals surface area contributed by atoms with Crippen molar-refractivity contribution in [3.05, 3.63) is 0 Å². The number of carbonyl (C=O) groups excluding carboxylic acids is 1. The first-order valence-corrected chi connectivity index (χ1v) is 6.88. The van der Waals surface area contributed by atoms with Crippen LogP contribution in [0.1, 0.15) is 19.3 Å². The van der Waals surface area contributed by atoms with Crippen molar-refractivity contribution in [2.45, 2.75) is 25.4 Å². The minimum Gasteiger partial charge on any atom is -0.481 e. The van der Waals surface area contributed by atoms with Gasteiger partial charge in [-0.05, 0) is 12.8 Å². The first-order chi connectivity index (χ1) is 10.2. The van der Waals surface area contributed by atoms with Crippen LogP contribution in [0.15, 0.2) is 0 Å². The number of nitrogens with one attached hydrogen (secondary N) is 1. The molecule has 1 saturated carbocycles.